The summed E-state index contributed by atoms with van der Waals surface area (Å²) in [6.07, 6.45) is 0.847. The number of benzene rings is 1. The van der Waals surface area contributed by atoms with Gasteiger partial charge < -0.3 is 14.5 Å². The first-order valence-electron chi connectivity index (χ1n) is 9.67. The van der Waals surface area contributed by atoms with Crippen molar-refractivity contribution in [2.24, 2.45) is 0 Å². The normalized spacial score (nSPS) is 22.3. The molecule has 1 aromatic heterocycles. The lowest BCUT2D eigenvalue weighted by atomic mass is 9.84. The third-order valence-corrected chi connectivity index (χ3v) is 6.05. The van der Waals surface area contributed by atoms with Crippen LogP contribution in [0.25, 0.3) is 0 Å². The second-order valence-corrected chi connectivity index (χ2v) is 7.95. The van der Waals surface area contributed by atoms with E-state index in [0.29, 0.717) is 44.1 Å². The number of anilines is 1. The van der Waals surface area contributed by atoms with Crippen LogP contribution in [-0.4, -0.2) is 71.2 Å². The number of aromatic nitrogens is 1. The number of rotatable bonds is 2. The summed E-state index contributed by atoms with van der Waals surface area (Å²) in [5, 5.41) is 0. The average Bonchev–Trinajstić information content (AvgIpc) is 3.00. The van der Waals surface area contributed by atoms with E-state index in [4.69, 9.17) is 4.74 Å². The fourth-order valence-corrected chi connectivity index (χ4v) is 4.41. The second-order valence-electron chi connectivity index (χ2n) is 7.95. The van der Waals surface area contributed by atoms with Crippen LogP contribution in [0, 0.1) is 12.7 Å². The van der Waals surface area contributed by atoms with E-state index < -0.39 is 5.60 Å². The van der Waals surface area contributed by atoms with E-state index in [0.717, 1.165) is 5.56 Å². The first-order chi connectivity index (χ1) is 13.9. The van der Waals surface area contributed by atoms with E-state index in [2.05, 4.69) is 4.98 Å². The van der Waals surface area contributed by atoms with E-state index in [-0.39, 0.29) is 23.9 Å². The molecule has 3 aliphatic heterocycles. The number of halogens is 1. The van der Waals surface area contributed by atoms with Gasteiger partial charge in [-0.15, -0.1) is 0 Å². The van der Waals surface area contributed by atoms with Crippen LogP contribution in [-0.2, 0) is 4.74 Å². The third-order valence-electron chi connectivity index (χ3n) is 6.05. The Morgan fingerprint density at radius 1 is 1.17 bits per heavy atom. The van der Waals surface area contributed by atoms with Gasteiger partial charge in [0.2, 0.25) is 0 Å². The number of aryl methyl sites for hydroxylation is 1. The first kappa shape index (κ1) is 17.9. The standard InChI is InChI=1S/C21H21FN4O3/c1-14-2-4-15(5-3-14)19(27)24-8-9-26-17(11-24)21(29-20(26)28)12-25(13-21)18-7-6-16(22)10-23-18/h2-7,10,17H,8-9,11-13H2,1H3. The summed E-state index contributed by atoms with van der Waals surface area (Å²) in [5.74, 6) is 0.227. The summed E-state index contributed by atoms with van der Waals surface area (Å²) < 4.78 is 18.9. The number of hydrogen-bond acceptors (Lipinski definition) is 5. The van der Waals surface area contributed by atoms with E-state index in [1.165, 1.54) is 12.3 Å². The molecule has 7 nitrogen and oxygen atoms in total. The lowest BCUT2D eigenvalue weighted by Crippen LogP contribution is -2.71. The van der Waals surface area contributed by atoms with Crippen molar-refractivity contribution in [1.82, 2.24) is 14.8 Å². The SMILES string of the molecule is Cc1ccc(C(=O)N2CCN3C(=O)OC4(CN(c5ccc(F)cn5)C4)C3C2)cc1. The third kappa shape index (κ3) is 2.90. The monoisotopic (exact) mass is 396 g/mol. The van der Waals surface area contributed by atoms with Crippen LogP contribution in [0.1, 0.15) is 15.9 Å². The first-order valence-corrected chi connectivity index (χ1v) is 9.67. The largest absolute Gasteiger partial charge is 0.437 e. The number of nitrogens with zero attached hydrogens (tertiary/aromatic N) is 4. The molecule has 29 heavy (non-hydrogen) atoms. The van der Waals surface area contributed by atoms with Gasteiger partial charge in [0.15, 0.2) is 5.60 Å². The fraction of sp³-hybridized carbons (Fsp3) is 0.381. The molecule has 8 heteroatoms. The molecule has 4 heterocycles. The highest BCUT2D eigenvalue weighted by Gasteiger charge is 2.62. The van der Waals surface area contributed by atoms with Gasteiger partial charge >= 0.3 is 6.09 Å². The molecular weight excluding hydrogens is 375 g/mol. The summed E-state index contributed by atoms with van der Waals surface area (Å²) in [5.41, 5.74) is 1.08. The molecule has 3 saturated heterocycles. The molecule has 3 fully saturated rings. The smallest absolute Gasteiger partial charge is 0.411 e. The van der Waals surface area contributed by atoms with Crippen LogP contribution in [0.5, 0.6) is 0 Å². The van der Waals surface area contributed by atoms with Gasteiger partial charge in [0.05, 0.1) is 25.3 Å². The molecule has 3 aliphatic rings. The van der Waals surface area contributed by atoms with Crippen LogP contribution >= 0.6 is 0 Å². The summed E-state index contributed by atoms with van der Waals surface area (Å²) in [7, 11) is 0. The number of carbonyl (C=O) groups excluding carboxylic acids is 2. The summed E-state index contributed by atoms with van der Waals surface area (Å²) in [6.45, 7) is 4.31. The van der Waals surface area contributed by atoms with E-state index >= 15 is 0 Å². The molecule has 5 rings (SSSR count). The fourth-order valence-electron chi connectivity index (χ4n) is 4.41. The zero-order chi connectivity index (χ0) is 20.2. The molecule has 1 atom stereocenters. The predicted octanol–water partition coefficient (Wildman–Crippen LogP) is 2.06. The minimum absolute atomic E-state index is 0.0319. The zero-order valence-electron chi connectivity index (χ0n) is 16.0. The number of ether oxygens (including phenoxy) is 1. The molecule has 0 bridgehead atoms. The van der Waals surface area contributed by atoms with Crippen LogP contribution in [0.15, 0.2) is 42.6 Å². The molecule has 2 amide bonds. The number of carbonyl (C=O) groups is 2. The van der Waals surface area contributed by atoms with Crippen molar-refractivity contribution in [3.63, 3.8) is 0 Å². The highest BCUT2D eigenvalue weighted by atomic mass is 19.1. The van der Waals surface area contributed by atoms with Crippen molar-refractivity contribution in [3.05, 3.63) is 59.5 Å². The van der Waals surface area contributed by atoms with Crippen molar-refractivity contribution < 1.29 is 18.7 Å². The van der Waals surface area contributed by atoms with Crippen molar-refractivity contribution in [3.8, 4) is 0 Å². The maximum absolute atomic E-state index is 13.1. The van der Waals surface area contributed by atoms with Crippen molar-refractivity contribution in [2.45, 2.75) is 18.6 Å². The molecule has 0 saturated carbocycles. The Morgan fingerprint density at radius 2 is 1.93 bits per heavy atom. The molecule has 0 radical (unpaired) electrons. The number of hydrogen-bond donors (Lipinski definition) is 0. The number of pyridine rings is 1. The Balaban J connectivity index is 1.32. The summed E-state index contributed by atoms with van der Waals surface area (Å²) in [4.78, 5) is 34.9. The van der Waals surface area contributed by atoms with E-state index in [9.17, 15) is 14.0 Å². The molecule has 1 unspecified atom stereocenters. The van der Waals surface area contributed by atoms with E-state index in [1.807, 2.05) is 36.1 Å². The van der Waals surface area contributed by atoms with Crippen molar-refractivity contribution >= 4 is 17.8 Å². The molecular formula is C21H21FN4O3. The Kier molecular flexibility index (Phi) is 3.97. The summed E-state index contributed by atoms with van der Waals surface area (Å²) >= 11 is 0. The van der Waals surface area contributed by atoms with Gasteiger partial charge in [-0.05, 0) is 31.2 Å². The molecule has 2 aromatic rings. The van der Waals surface area contributed by atoms with Gasteiger partial charge in [0.25, 0.3) is 5.91 Å². The second kappa shape index (κ2) is 6.43. The minimum Gasteiger partial charge on any atom is -0.437 e. The maximum Gasteiger partial charge on any atom is 0.411 e. The highest BCUT2D eigenvalue weighted by molar-refractivity contribution is 5.94. The minimum atomic E-state index is -0.667. The van der Waals surface area contributed by atoms with Gasteiger partial charge in [-0.25, -0.2) is 14.2 Å². The Labute approximate surface area is 167 Å². The lowest BCUT2D eigenvalue weighted by Gasteiger charge is -2.51. The maximum atomic E-state index is 13.1. The lowest BCUT2D eigenvalue weighted by molar-refractivity contribution is -0.00669. The highest BCUT2D eigenvalue weighted by Crippen LogP contribution is 2.41. The number of piperazine rings is 1. The quantitative estimate of drug-likeness (QED) is 0.778. The van der Waals surface area contributed by atoms with Crippen LogP contribution in [0.3, 0.4) is 0 Å². The Bertz CT molecular complexity index is 957. The Hall–Kier alpha value is -3.16. The molecule has 0 N–H and O–H groups in total. The van der Waals surface area contributed by atoms with Crippen molar-refractivity contribution in [2.75, 3.05) is 37.6 Å². The molecule has 150 valence electrons. The van der Waals surface area contributed by atoms with Gasteiger partial charge in [0, 0.05) is 25.2 Å². The van der Waals surface area contributed by atoms with E-state index in [1.54, 1.807) is 15.9 Å². The van der Waals surface area contributed by atoms with Gasteiger partial charge in [0.1, 0.15) is 11.6 Å². The molecule has 1 aromatic carbocycles. The van der Waals surface area contributed by atoms with Gasteiger partial charge in [-0.3, -0.25) is 9.69 Å². The molecule has 1 spiro atoms. The number of amides is 2. The van der Waals surface area contributed by atoms with Crippen LogP contribution in [0.2, 0.25) is 0 Å². The van der Waals surface area contributed by atoms with Crippen molar-refractivity contribution in [1.29, 1.82) is 0 Å². The number of fused-ring (bicyclic) bond motifs is 2. The van der Waals surface area contributed by atoms with Gasteiger partial charge in [-0.2, -0.15) is 0 Å². The molecule has 0 aliphatic carbocycles. The predicted molar refractivity (Wildman–Crippen MR) is 103 cm³/mol. The van der Waals surface area contributed by atoms with Crippen LogP contribution < -0.4 is 4.90 Å². The average molecular weight is 396 g/mol. The topological polar surface area (TPSA) is 66.0 Å². The zero-order valence-corrected chi connectivity index (χ0v) is 16.0. The van der Waals surface area contributed by atoms with Crippen LogP contribution in [0.4, 0.5) is 15.0 Å². The summed E-state index contributed by atoms with van der Waals surface area (Å²) in [6, 6.07) is 10.3. The van der Waals surface area contributed by atoms with Gasteiger partial charge in [-0.1, -0.05) is 17.7 Å². The Morgan fingerprint density at radius 3 is 2.62 bits per heavy atom.